The number of carbonyl (C=O) groups excluding carboxylic acids is 2. The van der Waals surface area contributed by atoms with Crippen LogP contribution in [-0.2, 0) is 4.79 Å². The van der Waals surface area contributed by atoms with Crippen molar-refractivity contribution >= 4 is 17.6 Å². The van der Waals surface area contributed by atoms with Gasteiger partial charge in [0.2, 0.25) is 5.91 Å². The molecule has 1 aliphatic heterocycles. The Morgan fingerprint density at radius 3 is 2.86 bits per heavy atom. The summed E-state index contributed by atoms with van der Waals surface area (Å²) in [4.78, 5) is 31.4. The molecule has 1 saturated heterocycles. The summed E-state index contributed by atoms with van der Waals surface area (Å²) in [5.41, 5.74) is 0.559. The number of amides is 2. The molecule has 0 aromatic carbocycles. The summed E-state index contributed by atoms with van der Waals surface area (Å²) >= 11 is 0. The van der Waals surface area contributed by atoms with Crippen molar-refractivity contribution in [2.24, 2.45) is 0 Å². The van der Waals surface area contributed by atoms with Crippen LogP contribution in [-0.4, -0.2) is 54.9 Å². The molecule has 6 nitrogen and oxygen atoms in total. The van der Waals surface area contributed by atoms with Gasteiger partial charge in [0.25, 0.3) is 5.91 Å². The SMILES string of the molecule is CCNC(=O)c1ccc(N(C)CCN2CCCC2=O)nc1. The number of likely N-dealkylation sites (N-methyl/N-ethyl adjacent to an activating group) is 1. The topological polar surface area (TPSA) is 65.5 Å². The van der Waals surface area contributed by atoms with Gasteiger partial charge < -0.3 is 15.1 Å². The Hall–Kier alpha value is -2.11. The Balaban J connectivity index is 1.88. The van der Waals surface area contributed by atoms with E-state index in [9.17, 15) is 9.59 Å². The van der Waals surface area contributed by atoms with Gasteiger partial charge in [0.1, 0.15) is 5.82 Å². The lowest BCUT2D eigenvalue weighted by molar-refractivity contribution is -0.127. The molecular weight excluding hydrogens is 268 g/mol. The van der Waals surface area contributed by atoms with Crippen LogP contribution in [0, 0.1) is 0 Å². The predicted octanol–water partition coefficient (Wildman–Crippen LogP) is 0.890. The van der Waals surface area contributed by atoms with Gasteiger partial charge in [-0.25, -0.2) is 4.98 Å². The first-order chi connectivity index (χ1) is 10.1. The van der Waals surface area contributed by atoms with Crippen molar-refractivity contribution in [3.63, 3.8) is 0 Å². The van der Waals surface area contributed by atoms with Crippen LogP contribution in [0.1, 0.15) is 30.1 Å². The Kier molecular flexibility index (Phi) is 5.14. The first-order valence-electron chi connectivity index (χ1n) is 7.35. The summed E-state index contributed by atoms with van der Waals surface area (Å²) in [6.45, 7) is 4.79. The Morgan fingerprint density at radius 2 is 2.29 bits per heavy atom. The fourth-order valence-electron chi connectivity index (χ4n) is 2.33. The fourth-order valence-corrected chi connectivity index (χ4v) is 2.33. The van der Waals surface area contributed by atoms with Crippen molar-refractivity contribution in [2.75, 3.05) is 38.1 Å². The number of pyridine rings is 1. The molecule has 2 rings (SSSR count). The van der Waals surface area contributed by atoms with Crippen molar-refractivity contribution in [2.45, 2.75) is 19.8 Å². The number of carbonyl (C=O) groups is 2. The highest BCUT2D eigenvalue weighted by molar-refractivity contribution is 5.94. The van der Waals surface area contributed by atoms with Gasteiger partial charge >= 0.3 is 0 Å². The summed E-state index contributed by atoms with van der Waals surface area (Å²) in [5, 5.41) is 2.74. The van der Waals surface area contributed by atoms with E-state index in [4.69, 9.17) is 0 Å². The molecule has 2 amide bonds. The lowest BCUT2D eigenvalue weighted by Crippen LogP contribution is -2.34. The van der Waals surface area contributed by atoms with Crippen LogP contribution >= 0.6 is 0 Å². The van der Waals surface area contributed by atoms with E-state index in [0.717, 1.165) is 31.9 Å². The summed E-state index contributed by atoms with van der Waals surface area (Å²) < 4.78 is 0. The Morgan fingerprint density at radius 1 is 1.48 bits per heavy atom. The monoisotopic (exact) mass is 290 g/mol. The Labute approximate surface area is 125 Å². The maximum atomic E-state index is 11.7. The van der Waals surface area contributed by atoms with Gasteiger partial charge in [-0.1, -0.05) is 0 Å². The second-order valence-corrected chi connectivity index (χ2v) is 5.17. The fraction of sp³-hybridized carbons (Fsp3) is 0.533. The van der Waals surface area contributed by atoms with Gasteiger partial charge in [0.05, 0.1) is 5.56 Å². The van der Waals surface area contributed by atoms with Crippen molar-refractivity contribution < 1.29 is 9.59 Å². The Bertz CT molecular complexity index is 501. The van der Waals surface area contributed by atoms with Gasteiger partial charge in [0.15, 0.2) is 0 Å². The summed E-state index contributed by atoms with van der Waals surface area (Å²) in [6.07, 6.45) is 3.21. The van der Waals surface area contributed by atoms with Crippen LogP contribution in [0.15, 0.2) is 18.3 Å². The lowest BCUT2D eigenvalue weighted by Gasteiger charge is -2.22. The molecule has 0 aliphatic carbocycles. The number of anilines is 1. The number of hydrogen-bond donors (Lipinski definition) is 1. The number of hydrogen-bond acceptors (Lipinski definition) is 4. The minimum absolute atomic E-state index is 0.109. The third-order valence-corrected chi connectivity index (χ3v) is 3.62. The van der Waals surface area contributed by atoms with Crippen LogP contribution in [0.5, 0.6) is 0 Å². The molecule has 1 aliphatic rings. The molecule has 0 saturated carbocycles. The highest BCUT2D eigenvalue weighted by atomic mass is 16.2. The number of nitrogens with one attached hydrogen (secondary N) is 1. The largest absolute Gasteiger partial charge is 0.358 e. The molecule has 1 fully saturated rings. The lowest BCUT2D eigenvalue weighted by atomic mass is 10.2. The predicted molar refractivity (Wildman–Crippen MR) is 81.3 cm³/mol. The summed E-state index contributed by atoms with van der Waals surface area (Å²) in [6, 6.07) is 3.60. The van der Waals surface area contributed by atoms with E-state index in [2.05, 4.69) is 10.3 Å². The second-order valence-electron chi connectivity index (χ2n) is 5.17. The number of nitrogens with zero attached hydrogens (tertiary/aromatic N) is 3. The molecule has 0 atom stereocenters. The van der Waals surface area contributed by atoms with E-state index in [1.54, 1.807) is 12.3 Å². The molecule has 1 N–H and O–H groups in total. The van der Waals surface area contributed by atoms with E-state index in [0.29, 0.717) is 18.5 Å². The standard InChI is InChI=1S/C15H22N4O2/c1-3-16-15(21)12-6-7-13(17-11-12)18(2)9-10-19-8-4-5-14(19)20/h6-7,11H,3-5,8-10H2,1-2H3,(H,16,21). The zero-order chi connectivity index (χ0) is 15.2. The van der Waals surface area contributed by atoms with Crippen LogP contribution in [0.25, 0.3) is 0 Å². The molecule has 0 spiro atoms. The normalized spacial score (nSPS) is 14.4. The van der Waals surface area contributed by atoms with E-state index >= 15 is 0 Å². The van der Waals surface area contributed by atoms with Gasteiger partial charge in [-0.2, -0.15) is 0 Å². The van der Waals surface area contributed by atoms with Crippen molar-refractivity contribution in [3.8, 4) is 0 Å². The smallest absolute Gasteiger partial charge is 0.252 e. The van der Waals surface area contributed by atoms with E-state index in [1.165, 1.54) is 0 Å². The van der Waals surface area contributed by atoms with Crippen LogP contribution in [0.3, 0.4) is 0 Å². The maximum Gasteiger partial charge on any atom is 0.252 e. The van der Waals surface area contributed by atoms with E-state index in [1.807, 2.05) is 29.8 Å². The highest BCUT2D eigenvalue weighted by Crippen LogP contribution is 2.12. The first kappa shape index (κ1) is 15.3. The molecule has 114 valence electrons. The van der Waals surface area contributed by atoms with E-state index in [-0.39, 0.29) is 11.8 Å². The first-order valence-corrected chi connectivity index (χ1v) is 7.35. The summed E-state index contributed by atoms with van der Waals surface area (Å²) in [7, 11) is 1.94. The zero-order valence-electron chi connectivity index (χ0n) is 12.6. The second kappa shape index (κ2) is 7.06. The van der Waals surface area contributed by atoms with Crippen molar-refractivity contribution in [1.29, 1.82) is 0 Å². The van der Waals surface area contributed by atoms with Crippen LogP contribution in [0.4, 0.5) is 5.82 Å². The minimum atomic E-state index is -0.109. The van der Waals surface area contributed by atoms with Gasteiger partial charge in [-0.15, -0.1) is 0 Å². The average molecular weight is 290 g/mol. The van der Waals surface area contributed by atoms with Gasteiger partial charge in [0, 0.05) is 45.8 Å². The molecule has 0 bridgehead atoms. The van der Waals surface area contributed by atoms with Gasteiger partial charge in [-0.3, -0.25) is 9.59 Å². The molecule has 1 aromatic rings. The molecule has 1 aromatic heterocycles. The quantitative estimate of drug-likeness (QED) is 0.845. The summed E-state index contributed by atoms with van der Waals surface area (Å²) in [5.74, 6) is 0.930. The van der Waals surface area contributed by atoms with E-state index < -0.39 is 0 Å². The molecule has 2 heterocycles. The number of likely N-dealkylation sites (tertiary alicyclic amines) is 1. The molecular formula is C15H22N4O2. The molecule has 21 heavy (non-hydrogen) atoms. The highest BCUT2D eigenvalue weighted by Gasteiger charge is 2.20. The average Bonchev–Trinajstić information content (AvgIpc) is 2.90. The minimum Gasteiger partial charge on any atom is -0.358 e. The van der Waals surface area contributed by atoms with Crippen LogP contribution in [0.2, 0.25) is 0 Å². The zero-order valence-corrected chi connectivity index (χ0v) is 12.6. The van der Waals surface area contributed by atoms with Crippen molar-refractivity contribution in [1.82, 2.24) is 15.2 Å². The van der Waals surface area contributed by atoms with Crippen LogP contribution < -0.4 is 10.2 Å². The number of rotatable bonds is 6. The molecule has 6 heteroatoms. The maximum absolute atomic E-state index is 11.7. The third-order valence-electron chi connectivity index (χ3n) is 3.62. The number of aromatic nitrogens is 1. The third kappa shape index (κ3) is 3.93. The molecule has 0 unspecified atom stereocenters. The van der Waals surface area contributed by atoms with Gasteiger partial charge in [-0.05, 0) is 25.5 Å². The molecule has 0 radical (unpaired) electrons. The van der Waals surface area contributed by atoms with Crippen molar-refractivity contribution in [3.05, 3.63) is 23.9 Å².